The Balaban J connectivity index is 0.949. The van der Waals surface area contributed by atoms with Crippen LogP contribution in [0, 0.1) is 0 Å². The van der Waals surface area contributed by atoms with E-state index in [-0.39, 0.29) is 13.7 Å². The van der Waals surface area contributed by atoms with Gasteiger partial charge < -0.3 is 18.8 Å². The van der Waals surface area contributed by atoms with Crippen molar-refractivity contribution in [2.24, 2.45) is 0 Å². The number of anilines is 6. The Morgan fingerprint density at radius 1 is 0.226 bits per heavy atom. The minimum atomic E-state index is -0.171. The Morgan fingerprint density at radius 2 is 0.583 bits per heavy atom. The zero-order chi connectivity index (χ0) is 54.7. The van der Waals surface area contributed by atoms with Crippen LogP contribution in [0.4, 0.5) is 34.1 Å². The van der Waals surface area contributed by atoms with Crippen LogP contribution in [-0.2, 0) is 0 Å². The lowest BCUT2D eigenvalue weighted by atomic mass is 9.41. The lowest BCUT2D eigenvalue weighted by Crippen LogP contribution is -2.61. The Hall–Kier alpha value is -10.8. The number of fused-ring (bicyclic) bond motifs is 14. The van der Waals surface area contributed by atoms with Crippen LogP contribution in [0.2, 0.25) is 0 Å². The minimum absolute atomic E-state index is 0.171. The van der Waals surface area contributed by atoms with E-state index in [1.165, 1.54) is 155 Å². The van der Waals surface area contributed by atoms with E-state index < -0.39 is 0 Å². The molecule has 0 radical (unpaired) electrons. The van der Waals surface area contributed by atoms with Gasteiger partial charge in [-0.25, -0.2) is 0 Å². The molecule has 0 spiro atoms. The molecule has 4 nitrogen and oxygen atoms in total. The highest BCUT2D eigenvalue weighted by atomic mass is 15.2. The van der Waals surface area contributed by atoms with E-state index in [0.717, 1.165) is 11.4 Å². The summed E-state index contributed by atoms with van der Waals surface area (Å²) in [5, 5.41) is 5.05. The first-order valence-electron chi connectivity index (χ1n) is 29.3. The van der Waals surface area contributed by atoms with E-state index in [1.54, 1.807) is 0 Å². The van der Waals surface area contributed by atoms with Gasteiger partial charge in [-0.3, -0.25) is 0 Å². The molecule has 6 heterocycles. The van der Waals surface area contributed by atoms with Crippen molar-refractivity contribution < 1.29 is 0 Å². The smallest absolute Gasteiger partial charge is 0.333 e. The van der Waals surface area contributed by atoms with E-state index in [4.69, 9.17) is 0 Å². The fraction of sp³-hybridized carbons (Fsp3) is 0. The van der Waals surface area contributed by atoms with Crippen LogP contribution < -0.4 is 31.7 Å². The van der Waals surface area contributed by atoms with Crippen LogP contribution >= 0.6 is 0 Å². The van der Waals surface area contributed by atoms with E-state index in [2.05, 4.69) is 310 Å². The summed E-state index contributed by atoms with van der Waals surface area (Å²) in [6, 6.07) is 109. The van der Waals surface area contributed by atoms with E-state index >= 15 is 0 Å². The third kappa shape index (κ3) is 6.34. The highest BCUT2D eigenvalue weighted by molar-refractivity contribution is 6.93. The summed E-state index contributed by atoms with van der Waals surface area (Å²) in [7, 11) is 0. The lowest BCUT2D eigenvalue weighted by molar-refractivity contribution is 1.23. The summed E-state index contributed by atoms with van der Waals surface area (Å²) in [5.41, 5.74) is 31.9. The molecule has 0 saturated heterocycles. The molecular formula is C78H48B2N4. The van der Waals surface area contributed by atoms with Gasteiger partial charge in [0.05, 0.1) is 0 Å². The fourth-order valence-electron chi connectivity index (χ4n) is 15.3. The fourth-order valence-corrected chi connectivity index (χ4v) is 15.3. The summed E-state index contributed by atoms with van der Waals surface area (Å²) in [5.74, 6) is 0. The molecule has 15 aromatic rings. The lowest BCUT2D eigenvalue weighted by Gasteiger charge is -2.44. The van der Waals surface area contributed by atoms with Crippen LogP contribution in [0.1, 0.15) is 0 Å². The van der Waals surface area contributed by atoms with Crippen molar-refractivity contribution in [3.63, 3.8) is 0 Å². The monoisotopic (exact) mass is 1060 g/mol. The van der Waals surface area contributed by atoms with Crippen molar-refractivity contribution in [1.82, 2.24) is 8.96 Å². The van der Waals surface area contributed by atoms with Crippen LogP contribution in [0.5, 0.6) is 0 Å². The van der Waals surface area contributed by atoms with Crippen LogP contribution in [-0.4, -0.2) is 22.7 Å². The Bertz CT molecular complexity index is 4930. The van der Waals surface area contributed by atoms with Crippen LogP contribution in [0.25, 0.3) is 110 Å². The van der Waals surface area contributed by atoms with Crippen LogP contribution in [0.15, 0.2) is 291 Å². The number of aromatic nitrogens is 2. The van der Waals surface area contributed by atoms with Gasteiger partial charge in [0.15, 0.2) is 0 Å². The van der Waals surface area contributed by atoms with Gasteiger partial charge in [-0.15, -0.1) is 0 Å². The molecule has 0 unspecified atom stereocenters. The van der Waals surface area contributed by atoms with Gasteiger partial charge in [-0.05, 0) is 168 Å². The second kappa shape index (κ2) is 17.4. The molecule has 19 rings (SSSR count). The topological polar surface area (TPSA) is 16.3 Å². The maximum atomic E-state index is 2.73. The Labute approximate surface area is 487 Å². The van der Waals surface area contributed by atoms with Gasteiger partial charge >= 0.3 is 13.7 Å². The van der Waals surface area contributed by atoms with Gasteiger partial charge in [0.1, 0.15) is 0 Å². The molecule has 84 heavy (non-hydrogen) atoms. The molecular weight excluding hydrogens is 1010 g/mol. The average Bonchev–Trinajstić information content (AvgIpc) is 1.42. The second-order valence-electron chi connectivity index (χ2n) is 23.1. The first kappa shape index (κ1) is 45.9. The normalized spacial score (nSPS) is 13.1. The number of benzene rings is 13. The average molecular weight is 1060 g/mol. The standard InChI is InChI=1S/C78H48B2N4/c1-7-21-49(22-8-1)53-37-39-69-61(41-53)65-45-55(51-25-11-3-12-26-51)43-63-59-33-19-35-71-75(59)79(83(69)77(63)65)67-47-68-74(48-73(67)81(71)57-29-15-5-16-30-57)82(58-31-17-6-18-32-58)72-36-20-34-60-64-44-56(52-27-13-4-14-28-52)46-66-62-42-54(50-23-9-2-10-24-50)38-40-70(62)84(78(64)66)80(68)76(60)72/h1-48H. The maximum Gasteiger partial charge on any atom is 0.333 e. The molecule has 0 amide bonds. The van der Waals surface area contributed by atoms with Gasteiger partial charge in [-0.1, -0.05) is 200 Å². The Morgan fingerprint density at radius 3 is 0.976 bits per heavy atom. The quantitative estimate of drug-likeness (QED) is 0.154. The molecule has 386 valence electrons. The van der Waals surface area contributed by atoms with E-state index in [9.17, 15) is 0 Å². The molecule has 2 aromatic heterocycles. The van der Waals surface area contributed by atoms with Crippen molar-refractivity contribution in [3.05, 3.63) is 291 Å². The largest absolute Gasteiger partial charge is 0.375 e. The number of nitrogens with zero attached hydrogens (tertiary/aromatic N) is 4. The molecule has 4 aliphatic heterocycles. The van der Waals surface area contributed by atoms with Crippen molar-refractivity contribution in [2.45, 2.75) is 0 Å². The molecule has 0 aliphatic carbocycles. The van der Waals surface area contributed by atoms with Gasteiger partial charge in [0, 0.05) is 88.9 Å². The maximum absolute atomic E-state index is 2.73. The molecule has 0 N–H and O–H groups in total. The predicted octanol–water partition coefficient (Wildman–Crippen LogP) is 17.4. The van der Waals surface area contributed by atoms with Crippen molar-refractivity contribution in [1.29, 1.82) is 0 Å². The molecule has 0 bridgehead atoms. The molecule has 6 heteroatoms. The molecule has 0 saturated carbocycles. The Kier molecular flexibility index (Phi) is 9.48. The zero-order valence-corrected chi connectivity index (χ0v) is 45.7. The zero-order valence-electron chi connectivity index (χ0n) is 45.7. The number of hydrogen-bond donors (Lipinski definition) is 0. The molecule has 0 fully saturated rings. The van der Waals surface area contributed by atoms with Gasteiger partial charge in [0.25, 0.3) is 0 Å². The first-order valence-corrected chi connectivity index (χ1v) is 29.3. The summed E-state index contributed by atoms with van der Waals surface area (Å²) in [6.07, 6.45) is 0. The van der Waals surface area contributed by atoms with Crippen molar-refractivity contribution in [2.75, 3.05) is 9.80 Å². The highest BCUT2D eigenvalue weighted by Gasteiger charge is 2.48. The number of para-hydroxylation sites is 2. The minimum Gasteiger partial charge on any atom is -0.375 e. The second-order valence-corrected chi connectivity index (χ2v) is 23.1. The summed E-state index contributed by atoms with van der Waals surface area (Å²) in [6.45, 7) is -0.342. The molecule has 13 aromatic carbocycles. The third-order valence-electron chi connectivity index (χ3n) is 18.8. The summed E-state index contributed by atoms with van der Waals surface area (Å²) >= 11 is 0. The summed E-state index contributed by atoms with van der Waals surface area (Å²) in [4.78, 5) is 5.14. The predicted molar refractivity (Wildman–Crippen MR) is 355 cm³/mol. The van der Waals surface area contributed by atoms with Crippen LogP contribution in [0.3, 0.4) is 0 Å². The highest BCUT2D eigenvalue weighted by Crippen LogP contribution is 2.51. The van der Waals surface area contributed by atoms with E-state index in [0.29, 0.717) is 0 Å². The van der Waals surface area contributed by atoms with Gasteiger partial charge in [-0.2, -0.15) is 0 Å². The summed E-state index contributed by atoms with van der Waals surface area (Å²) < 4.78 is 5.46. The molecule has 0 atom stereocenters. The van der Waals surface area contributed by atoms with Crippen molar-refractivity contribution in [3.8, 4) is 66.8 Å². The first-order chi connectivity index (χ1) is 41.7. The number of rotatable bonds is 6. The SMILES string of the molecule is c1ccc(-c2ccc3c(c2)c2cc(-c4ccccc4)cc4c2n3B2c3cc5c(cc3N(c3ccccc3)c3cccc-4c32)N(c2ccccc2)c2cccc3c2B5n2c4ccc(-c5ccccc5)cc4c4cc(-c5ccccc5)cc-3c42)cc1. The number of hydrogen-bond acceptors (Lipinski definition) is 2. The van der Waals surface area contributed by atoms with Gasteiger partial charge in [0.2, 0.25) is 0 Å². The molecule has 4 aliphatic rings. The third-order valence-corrected chi connectivity index (χ3v) is 18.8. The van der Waals surface area contributed by atoms with E-state index in [1.807, 2.05) is 0 Å². The van der Waals surface area contributed by atoms with Crippen molar-refractivity contribution >= 4 is 113 Å².